The van der Waals surface area contributed by atoms with Crippen LogP contribution in [-0.4, -0.2) is 54.9 Å². The normalized spacial score (nSPS) is 16.9. The van der Waals surface area contributed by atoms with Crippen LogP contribution in [0.25, 0.3) is 0 Å². The highest BCUT2D eigenvalue weighted by Gasteiger charge is 2.37. The molecule has 0 unspecified atom stereocenters. The molecule has 0 aromatic heterocycles. The second-order valence-electron chi connectivity index (χ2n) is 7.58. The third-order valence-electron chi connectivity index (χ3n) is 5.34. The quantitative estimate of drug-likeness (QED) is 0.219. The Morgan fingerprint density at radius 1 is 0.853 bits per heavy atom. The third-order valence-corrected chi connectivity index (χ3v) is 5.34. The van der Waals surface area contributed by atoms with Crippen molar-refractivity contribution in [3.63, 3.8) is 0 Å². The second kappa shape index (κ2) is 8.35. The maximum Gasteiger partial charge on any atom is 0.338 e. The molecule has 34 heavy (non-hydrogen) atoms. The van der Waals surface area contributed by atoms with E-state index in [1.807, 2.05) is 0 Å². The summed E-state index contributed by atoms with van der Waals surface area (Å²) in [5, 5.41) is 69.5. The van der Waals surface area contributed by atoms with Gasteiger partial charge in [0.25, 0.3) is 0 Å². The number of esters is 1. The molecule has 7 N–H and O–H groups in total. The highest BCUT2D eigenvalue weighted by molar-refractivity contribution is 5.91. The zero-order valence-electron chi connectivity index (χ0n) is 17.6. The average Bonchev–Trinajstić information content (AvgIpc) is 2.76. The highest BCUT2D eigenvalue weighted by atomic mass is 16.6. The van der Waals surface area contributed by atoms with Crippen molar-refractivity contribution in [2.24, 2.45) is 0 Å². The number of aromatic hydroxyl groups is 7. The van der Waals surface area contributed by atoms with E-state index in [0.29, 0.717) is 0 Å². The maximum absolute atomic E-state index is 12.9. The number of carbonyl (C=O) groups is 1. The van der Waals surface area contributed by atoms with Gasteiger partial charge in [-0.15, -0.1) is 0 Å². The Kier molecular flexibility index (Phi) is 5.53. The van der Waals surface area contributed by atoms with Crippen molar-refractivity contribution in [1.29, 1.82) is 0 Å². The van der Waals surface area contributed by atoms with Gasteiger partial charge in [0.15, 0.2) is 34.9 Å². The molecule has 11 nitrogen and oxygen atoms in total. The molecule has 2 atom stereocenters. The first-order chi connectivity index (χ1) is 16.1. The van der Waals surface area contributed by atoms with Crippen molar-refractivity contribution in [2.75, 3.05) is 7.11 Å². The molecular weight excluding hydrogens is 451 g/mol. The fraction of sp³-hybridized carbons (Fsp3) is 0.174. The first-order valence-corrected chi connectivity index (χ1v) is 9.86. The Hall–Kier alpha value is -4.67. The van der Waals surface area contributed by atoms with Gasteiger partial charge in [-0.2, -0.15) is 0 Å². The Balaban J connectivity index is 1.74. The van der Waals surface area contributed by atoms with Crippen molar-refractivity contribution >= 4 is 5.97 Å². The third kappa shape index (κ3) is 3.94. The molecule has 178 valence electrons. The molecule has 0 bridgehead atoms. The van der Waals surface area contributed by atoms with Gasteiger partial charge in [0, 0.05) is 29.7 Å². The Morgan fingerprint density at radius 2 is 1.47 bits per heavy atom. The van der Waals surface area contributed by atoms with Crippen LogP contribution in [0.4, 0.5) is 0 Å². The van der Waals surface area contributed by atoms with E-state index < -0.39 is 46.9 Å². The van der Waals surface area contributed by atoms with E-state index in [4.69, 9.17) is 14.2 Å². The molecule has 0 fully saturated rings. The number of hydrogen-bond acceptors (Lipinski definition) is 11. The van der Waals surface area contributed by atoms with E-state index in [1.54, 1.807) is 0 Å². The summed E-state index contributed by atoms with van der Waals surface area (Å²) in [6.45, 7) is 0. The fourth-order valence-corrected chi connectivity index (χ4v) is 3.75. The molecule has 0 spiro atoms. The minimum absolute atomic E-state index is 0.0709. The molecule has 1 heterocycles. The largest absolute Gasteiger partial charge is 0.508 e. The van der Waals surface area contributed by atoms with Gasteiger partial charge in [-0.05, 0) is 24.3 Å². The van der Waals surface area contributed by atoms with Crippen LogP contribution in [0.1, 0.15) is 27.6 Å². The molecule has 1 aliphatic rings. The Bertz CT molecular complexity index is 1240. The van der Waals surface area contributed by atoms with Crippen molar-refractivity contribution in [2.45, 2.75) is 18.6 Å². The fourth-order valence-electron chi connectivity index (χ4n) is 3.75. The Labute approximate surface area is 191 Å². The van der Waals surface area contributed by atoms with Gasteiger partial charge < -0.3 is 50.0 Å². The van der Waals surface area contributed by atoms with Crippen molar-refractivity contribution in [1.82, 2.24) is 0 Å². The molecule has 0 radical (unpaired) electrons. The summed E-state index contributed by atoms with van der Waals surface area (Å²) in [5.41, 5.74) is 0.116. The number of methoxy groups -OCH3 is 1. The summed E-state index contributed by atoms with van der Waals surface area (Å²) in [4.78, 5) is 12.9. The molecule has 0 aliphatic carbocycles. The summed E-state index contributed by atoms with van der Waals surface area (Å²) in [6.07, 6.45) is -2.41. The van der Waals surface area contributed by atoms with Crippen LogP contribution in [0, 0.1) is 0 Å². The minimum atomic E-state index is -1.16. The molecule has 11 heteroatoms. The standard InChI is InChI=1S/C23H20O11/c1-32-22-16(28)4-10(5-17(22)29)23(31)34-19-8-12-13(25)6-11(24)7-18(12)33-21(19)9-2-14(26)20(30)15(27)3-9/h2-7,19,21,24-30H,8H2,1H3/t19-,21-/m1/s1/i1-1. The maximum atomic E-state index is 12.9. The monoisotopic (exact) mass is 471 g/mol. The van der Waals surface area contributed by atoms with Crippen LogP contribution in [0.15, 0.2) is 36.4 Å². The van der Waals surface area contributed by atoms with E-state index in [-0.39, 0.29) is 46.1 Å². The summed E-state index contributed by atoms with van der Waals surface area (Å²) in [5.74, 6) is -4.80. The van der Waals surface area contributed by atoms with E-state index >= 15 is 0 Å². The number of benzene rings is 3. The number of phenols is 7. The molecule has 3 aromatic rings. The lowest BCUT2D eigenvalue weighted by Gasteiger charge is -2.34. The molecule has 4 rings (SSSR count). The van der Waals surface area contributed by atoms with Gasteiger partial charge in [-0.3, -0.25) is 0 Å². The molecule has 0 amide bonds. The predicted molar refractivity (Wildman–Crippen MR) is 114 cm³/mol. The van der Waals surface area contributed by atoms with Crippen molar-refractivity contribution in [3.05, 3.63) is 53.1 Å². The topological polar surface area (TPSA) is 186 Å². The zero-order chi connectivity index (χ0) is 24.7. The molecular formula is C23H20O11. The van der Waals surface area contributed by atoms with Crippen LogP contribution < -0.4 is 9.47 Å². The zero-order valence-corrected chi connectivity index (χ0v) is 17.6. The number of carbonyl (C=O) groups excluding carboxylic acids is 1. The SMILES string of the molecule is [11CH3]Oc1c(O)cc(C(=O)O[C@@H]2Cc3c(O)cc(O)cc3O[C@@H]2c2cc(O)c(O)c(O)c2)cc1O. The van der Waals surface area contributed by atoms with Crippen LogP contribution >= 0.6 is 0 Å². The summed E-state index contributed by atoms with van der Waals surface area (Å²) in [7, 11) is 1.22. The smallest absolute Gasteiger partial charge is 0.338 e. The lowest BCUT2D eigenvalue weighted by atomic mass is 9.93. The number of fused-ring (bicyclic) bond motifs is 1. The van der Waals surface area contributed by atoms with E-state index in [2.05, 4.69) is 0 Å². The van der Waals surface area contributed by atoms with Crippen LogP contribution in [-0.2, 0) is 11.2 Å². The second-order valence-corrected chi connectivity index (χ2v) is 7.58. The van der Waals surface area contributed by atoms with Crippen LogP contribution in [0.3, 0.4) is 0 Å². The minimum Gasteiger partial charge on any atom is -0.508 e. The molecule has 3 aromatic carbocycles. The van der Waals surface area contributed by atoms with Gasteiger partial charge >= 0.3 is 5.97 Å². The van der Waals surface area contributed by atoms with Gasteiger partial charge in [0.05, 0.1) is 12.7 Å². The van der Waals surface area contributed by atoms with Crippen LogP contribution in [0.5, 0.6) is 51.7 Å². The van der Waals surface area contributed by atoms with Gasteiger partial charge in [-0.25, -0.2) is 4.79 Å². The van der Waals surface area contributed by atoms with Crippen molar-refractivity contribution < 1.29 is 54.8 Å². The number of rotatable bonds is 4. The summed E-state index contributed by atoms with van der Waals surface area (Å²) in [6, 6.07) is 6.57. The van der Waals surface area contributed by atoms with Gasteiger partial charge in [-0.1, -0.05) is 0 Å². The summed E-state index contributed by atoms with van der Waals surface area (Å²) >= 11 is 0. The lowest BCUT2D eigenvalue weighted by molar-refractivity contribution is -0.0189. The lowest BCUT2D eigenvalue weighted by Crippen LogP contribution is -2.34. The average molecular weight is 471 g/mol. The first-order valence-electron chi connectivity index (χ1n) is 9.86. The van der Waals surface area contributed by atoms with E-state index in [9.17, 15) is 40.5 Å². The summed E-state index contributed by atoms with van der Waals surface area (Å²) < 4.78 is 16.2. The van der Waals surface area contributed by atoms with E-state index in [0.717, 1.165) is 30.3 Å². The number of hydrogen-bond donors (Lipinski definition) is 7. The van der Waals surface area contributed by atoms with Crippen LogP contribution in [0.2, 0.25) is 0 Å². The number of phenolic OH excluding ortho intramolecular Hbond substituents is 7. The molecule has 0 saturated carbocycles. The van der Waals surface area contributed by atoms with Crippen molar-refractivity contribution in [3.8, 4) is 51.7 Å². The molecule has 1 aliphatic heterocycles. The first kappa shape index (κ1) is 22.5. The Morgan fingerprint density at radius 3 is 2.06 bits per heavy atom. The highest BCUT2D eigenvalue weighted by Crippen LogP contribution is 2.46. The van der Waals surface area contributed by atoms with Gasteiger partial charge in [0.2, 0.25) is 5.75 Å². The predicted octanol–water partition coefficient (Wildman–Crippen LogP) is 2.54. The number of ether oxygens (including phenoxy) is 3. The molecule has 0 saturated heterocycles. The van der Waals surface area contributed by atoms with E-state index in [1.165, 1.54) is 13.2 Å². The van der Waals surface area contributed by atoms with Gasteiger partial charge in [0.1, 0.15) is 23.4 Å².